The molecule has 2 N–H and O–H groups in total. The van der Waals surface area contributed by atoms with Crippen LogP contribution in [0.1, 0.15) is 10.6 Å². The minimum Gasteiger partial charge on any atom is -0.509 e. The van der Waals surface area contributed by atoms with Gasteiger partial charge in [0.1, 0.15) is 17.3 Å². The molecule has 1 aromatic heterocycles. The molecule has 1 aliphatic rings. The highest BCUT2D eigenvalue weighted by Gasteiger charge is 2.30. The summed E-state index contributed by atoms with van der Waals surface area (Å²) < 4.78 is 16.2. The van der Waals surface area contributed by atoms with E-state index in [4.69, 9.17) is 19.6 Å². The average Bonchev–Trinajstić information content (AvgIpc) is 3.41. The van der Waals surface area contributed by atoms with E-state index in [9.17, 15) is 5.11 Å². The second-order valence-corrected chi connectivity index (χ2v) is 7.66. The van der Waals surface area contributed by atoms with Crippen LogP contribution in [0.3, 0.4) is 0 Å². The number of benzene rings is 2. The number of hydrazone groups is 1. The predicted molar refractivity (Wildman–Crippen MR) is 125 cm³/mol. The molecule has 164 valence electrons. The lowest BCUT2D eigenvalue weighted by Crippen LogP contribution is -2.20. The summed E-state index contributed by atoms with van der Waals surface area (Å²) in [6, 6.07) is 13.3. The van der Waals surface area contributed by atoms with Gasteiger partial charge in [0, 0.05) is 16.5 Å². The van der Waals surface area contributed by atoms with Crippen molar-refractivity contribution in [2.75, 3.05) is 27.9 Å². The maximum Gasteiger partial charge on any atom is 0.203 e. The third kappa shape index (κ3) is 3.90. The lowest BCUT2D eigenvalue weighted by molar-refractivity contribution is 0.324. The molecule has 0 amide bonds. The Hall–Kier alpha value is -3.85. The van der Waals surface area contributed by atoms with E-state index < -0.39 is 0 Å². The molecule has 2 heterocycles. The lowest BCUT2D eigenvalue weighted by Gasteiger charge is -2.15. The Morgan fingerprint density at radius 3 is 2.50 bits per heavy atom. The molecule has 0 bridgehead atoms. The van der Waals surface area contributed by atoms with E-state index in [1.165, 1.54) is 30.6 Å². The largest absolute Gasteiger partial charge is 0.509 e. The number of hydrogen-bond donors (Lipinski definition) is 2. The Kier molecular flexibility index (Phi) is 6.09. The van der Waals surface area contributed by atoms with Crippen LogP contribution in [0.4, 0.5) is 0 Å². The Morgan fingerprint density at radius 1 is 1.06 bits per heavy atom. The highest BCUT2D eigenvalue weighted by molar-refractivity contribution is 7.11. The van der Waals surface area contributed by atoms with Crippen LogP contribution < -0.4 is 14.2 Å². The van der Waals surface area contributed by atoms with Crippen LogP contribution in [0, 0.1) is 5.41 Å². The minimum atomic E-state index is 0.0559. The fourth-order valence-corrected chi connectivity index (χ4v) is 4.27. The zero-order chi connectivity index (χ0) is 22.7. The molecule has 4 rings (SSSR count). The number of amidine groups is 1. The summed E-state index contributed by atoms with van der Waals surface area (Å²) in [6.07, 6.45) is 1.56. The van der Waals surface area contributed by atoms with Crippen LogP contribution in [0.2, 0.25) is 0 Å². The van der Waals surface area contributed by atoms with Gasteiger partial charge < -0.3 is 19.3 Å². The van der Waals surface area contributed by atoms with Crippen LogP contribution in [-0.2, 0) is 0 Å². The molecule has 8 nitrogen and oxygen atoms in total. The van der Waals surface area contributed by atoms with Gasteiger partial charge in [0.2, 0.25) is 5.75 Å². The van der Waals surface area contributed by atoms with Crippen molar-refractivity contribution in [2.45, 2.75) is 0 Å². The highest BCUT2D eigenvalue weighted by Crippen LogP contribution is 2.39. The van der Waals surface area contributed by atoms with Gasteiger partial charge in [0.05, 0.1) is 38.8 Å². The Labute approximate surface area is 189 Å². The van der Waals surface area contributed by atoms with Crippen LogP contribution in [-0.4, -0.2) is 55.0 Å². The molecule has 9 heteroatoms. The van der Waals surface area contributed by atoms with Gasteiger partial charge in [-0.2, -0.15) is 5.10 Å². The number of nitrogens with zero attached hydrogens (tertiary/aromatic N) is 3. The first kappa shape index (κ1) is 21.4. The number of aromatic nitrogens is 1. The summed E-state index contributed by atoms with van der Waals surface area (Å²) in [5.74, 6) is 1.59. The molecule has 0 aliphatic carbocycles. The first-order chi connectivity index (χ1) is 15.6. The Morgan fingerprint density at radius 2 is 1.81 bits per heavy atom. The molecule has 1 aliphatic heterocycles. The molecule has 0 fully saturated rings. The number of aliphatic hydroxyl groups excluding tert-OH is 1. The van der Waals surface area contributed by atoms with Crippen LogP contribution in [0.5, 0.6) is 17.2 Å². The molecule has 0 atom stereocenters. The number of hydrogen-bond acceptors (Lipinski definition) is 8. The topological polar surface area (TPSA) is 100 Å². The fourth-order valence-electron chi connectivity index (χ4n) is 3.38. The molecule has 0 radical (unpaired) electrons. The molecule has 2 aromatic carbocycles. The van der Waals surface area contributed by atoms with Gasteiger partial charge in [0.15, 0.2) is 17.3 Å². The summed E-state index contributed by atoms with van der Waals surface area (Å²) in [5, 5.41) is 27.4. The molecular formula is C23H22N4O4S. The molecule has 32 heavy (non-hydrogen) atoms. The van der Waals surface area contributed by atoms with Crippen LogP contribution in [0.15, 0.2) is 58.7 Å². The maximum atomic E-state index is 10.5. The molecule has 0 unspecified atom stereocenters. The van der Waals surface area contributed by atoms with Crippen molar-refractivity contribution in [3.8, 4) is 28.5 Å². The van der Waals surface area contributed by atoms with E-state index in [1.54, 1.807) is 25.5 Å². The summed E-state index contributed by atoms with van der Waals surface area (Å²) in [5.41, 5.74) is 2.81. The number of thiazole rings is 1. The van der Waals surface area contributed by atoms with Gasteiger partial charge >= 0.3 is 0 Å². The smallest absolute Gasteiger partial charge is 0.203 e. The zero-order valence-electron chi connectivity index (χ0n) is 17.8. The molecule has 0 spiro atoms. The molecule has 0 saturated carbocycles. The second kappa shape index (κ2) is 9.11. The Balaban J connectivity index is 1.57. The number of nitrogens with one attached hydrogen (secondary N) is 1. The van der Waals surface area contributed by atoms with Crippen molar-refractivity contribution in [1.82, 2.24) is 9.99 Å². The van der Waals surface area contributed by atoms with E-state index in [2.05, 4.69) is 10.1 Å². The molecular weight excluding hydrogens is 428 g/mol. The second-order valence-electron chi connectivity index (χ2n) is 6.80. The monoisotopic (exact) mass is 450 g/mol. The van der Waals surface area contributed by atoms with Crippen LogP contribution >= 0.6 is 11.3 Å². The third-order valence-electron chi connectivity index (χ3n) is 4.94. The normalized spacial score (nSPS) is 13.8. The highest BCUT2D eigenvalue weighted by atomic mass is 32.1. The SMILES string of the molecule is COc1ccc(C=NN2CC(O)=C(c3nc(-c4ccccc4)cs3)C2=N)c(OC)c1OC. The zero-order valence-corrected chi connectivity index (χ0v) is 18.6. The van der Waals surface area contributed by atoms with E-state index in [0.29, 0.717) is 33.4 Å². The van der Waals surface area contributed by atoms with Gasteiger partial charge in [0.25, 0.3) is 0 Å². The first-order valence-electron chi connectivity index (χ1n) is 9.70. The minimum absolute atomic E-state index is 0.0559. The van der Waals surface area contributed by atoms with Crippen molar-refractivity contribution in [1.29, 1.82) is 5.41 Å². The van der Waals surface area contributed by atoms with E-state index in [0.717, 1.165) is 11.3 Å². The van der Waals surface area contributed by atoms with Crippen molar-refractivity contribution in [2.24, 2.45) is 5.10 Å². The van der Waals surface area contributed by atoms with Gasteiger partial charge in [-0.3, -0.25) is 5.41 Å². The quantitative estimate of drug-likeness (QED) is 0.517. The van der Waals surface area contributed by atoms with Crippen molar-refractivity contribution >= 4 is 29.0 Å². The number of rotatable bonds is 7. The number of ether oxygens (including phenoxy) is 3. The van der Waals surface area contributed by atoms with E-state index in [1.807, 2.05) is 35.7 Å². The number of aliphatic hydroxyl groups is 1. The molecule has 3 aromatic rings. The van der Waals surface area contributed by atoms with E-state index in [-0.39, 0.29) is 18.1 Å². The maximum absolute atomic E-state index is 10.5. The van der Waals surface area contributed by atoms with Gasteiger partial charge in [-0.05, 0) is 12.1 Å². The lowest BCUT2D eigenvalue weighted by atomic mass is 10.2. The molecule has 0 saturated heterocycles. The summed E-state index contributed by atoms with van der Waals surface area (Å²) in [4.78, 5) is 4.62. The third-order valence-corrected chi connectivity index (χ3v) is 5.80. The standard InChI is InChI=1S/C23H22N4O4S/c1-29-18-10-9-15(20(30-2)21(18)31-3)11-25-27-12-17(28)19(22(27)24)23-26-16(13-32-23)14-7-5-4-6-8-14/h4-11,13,24,28H,12H2,1-3H3. The fraction of sp³-hybridized carbons (Fsp3) is 0.174. The summed E-state index contributed by atoms with van der Waals surface area (Å²) in [6.45, 7) is 0.0839. The predicted octanol–water partition coefficient (Wildman–Crippen LogP) is 4.43. The number of methoxy groups -OCH3 is 3. The first-order valence-corrected chi connectivity index (χ1v) is 10.6. The van der Waals surface area contributed by atoms with Crippen molar-refractivity contribution in [3.63, 3.8) is 0 Å². The average molecular weight is 451 g/mol. The van der Waals surface area contributed by atoms with Crippen molar-refractivity contribution < 1.29 is 19.3 Å². The van der Waals surface area contributed by atoms with Crippen LogP contribution in [0.25, 0.3) is 16.8 Å². The summed E-state index contributed by atoms with van der Waals surface area (Å²) >= 11 is 1.38. The van der Waals surface area contributed by atoms with E-state index >= 15 is 0 Å². The van der Waals surface area contributed by atoms with Crippen molar-refractivity contribution in [3.05, 3.63) is 64.2 Å². The summed E-state index contributed by atoms with van der Waals surface area (Å²) in [7, 11) is 4.61. The van der Waals surface area contributed by atoms with Gasteiger partial charge in [-0.1, -0.05) is 30.3 Å². The van der Waals surface area contributed by atoms with Gasteiger partial charge in [-0.15, -0.1) is 11.3 Å². The Bertz CT molecular complexity index is 1200. The van der Waals surface area contributed by atoms with Gasteiger partial charge in [-0.25, -0.2) is 9.99 Å².